The number of nitrogens with one attached hydrogen (secondary N) is 1. The van der Waals surface area contributed by atoms with Crippen LogP contribution in [0.5, 0.6) is 0 Å². The molecule has 15 heavy (non-hydrogen) atoms. The molecule has 0 bridgehead atoms. The van der Waals surface area contributed by atoms with Gasteiger partial charge in [-0.1, -0.05) is 6.92 Å². The van der Waals surface area contributed by atoms with E-state index in [1.165, 1.54) is 5.69 Å². The Morgan fingerprint density at radius 2 is 2.33 bits per heavy atom. The van der Waals surface area contributed by atoms with Gasteiger partial charge in [-0.15, -0.1) is 0 Å². The van der Waals surface area contributed by atoms with Gasteiger partial charge in [-0.2, -0.15) is 0 Å². The Morgan fingerprint density at radius 3 is 3.00 bits per heavy atom. The quantitative estimate of drug-likeness (QED) is 0.743. The van der Waals surface area contributed by atoms with E-state index in [-0.39, 0.29) is 0 Å². The average Bonchev–Trinajstić information content (AvgIpc) is 2.66. The van der Waals surface area contributed by atoms with Crippen LogP contribution >= 0.6 is 0 Å². The lowest BCUT2D eigenvalue weighted by molar-refractivity contribution is 0.158. The van der Waals surface area contributed by atoms with Crippen molar-refractivity contribution >= 4 is 0 Å². The molecule has 3 nitrogen and oxygen atoms in total. The molecule has 86 valence electrons. The largest absolute Gasteiger partial charge is 0.384 e. The third-order valence-corrected chi connectivity index (χ3v) is 2.51. The summed E-state index contributed by atoms with van der Waals surface area (Å²) >= 11 is 0. The van der Waals surface area contributed by atoms with Gasteiger partial charge in [-0.3, -0.25) is 0 Å². The van der Waals surface area contributed by atoms with Gasteiger partial charge in [0.1, 0.15) is 0 Å². The Kier molecular flexibility index (Phi) is 5.43. The number of rotatable bonds is 7. The second kappa shape index (κ2) is 6.64. The topological polar surface area (TPSA) is 26.2 Å². The maximum absolute atomic E-state index is 5.09. The summed E-state index contributed by atoms with van der Waals surface area (Å²) < 4.78 is 7.35. The van der Waals surface area contributed by atoms with Gasteiger partial charge in [-0.05, 0) is 25.0 Å². The predicted octanol–water partition coefficient (Wildman–Crippen LogP) is 1.88. The highest BCUT2D eigenvalue weighted by atomic mass is 16.5. The smallest absolute Gasteiger partial charge is 0.0499 e. The molecule has 0 spiro atoms. The van der Waals surface area contributed by atoms with Crippen molar-refractivity contribution in [2.75, 3.05) is 20.3 Å². The summed E-state index contributed by atoms with van der Waals surface area (Å²) in [5, 5.41) is 3.45. The summed E-state index contributed by atoms with van der Waals surface area (Å²) in [6, 6.07) is 4.26. The summed E-state index contributed by atoms with van der Waals surface area (Å²) in [5.41, 5.74) is 1.35. The summed E-state index contributed by atoms with van der Waals surface area (Å²) in [6.45, 7) is 8.16. The SMILES string of the molecule is CCn1cccc1CNCC(C)COC. The number of ether oxygens (including phenoxy) is 1. The van der Waals surface area contributed by atoms with Crippen molar-refractivity contribution in [1.82, 2.24) is 9.88 Å². The van der Waals surface area contributed by atoms with Gasteiger partial charge in [0, 0.05) is 45.2 Å². The van der Waals surface area contributed by atoms with Crippen molar-refractivity contribution < 1.29 is 4.74 Å². The fourth-order valence-electron chi connectivity index (χ4n) is 1.71. The molecule has 0 radical (unpaired) electrons. The average molecular weight is 210 g/mol. The molecule has 1 unspecified atom stereocenters. The minimum atomic E-state index is 0.569. The van der Waals surface area contributed by atoms with Gasteiger partial charge >= 0.3 is 0 Å². The number of methoxy groups -OCH3 is 1. The number of nitrogens with zero attached hydrogens (tertiary/aromatic N) is 1. The van der Waals surface area contributed by atoms with Crippen LogP contribution in [0, 0.1) is 5.92 Å². The van der Waals surface area contributed by atoms with Crippen LogP contribution in [-0.2, 0) is 17.8 Å². The molecule has 1 N–H and O–H groups in total. The molecule has 1 heterocycles. The summed E-state index contributed by atoms with van der Waals surface area (Å²) in [4.78, 5) is 0. The molecule has 0 aliphatic rings. The molecule has 1 aromatic rings. The van der Waals surface area contributed by atoms with Crippen molar-refractivity contribution in [2.24, 2.45) is 5.92 Å². The molecule has 0 aromatic carbocycles. The molecule has 0 aliphatic heterocycles. The highest BCUT2D eigenvalue weighted by Gasteiger charge is 2.02. The first-order valence-electron chi connectivity index (χ1n) is 5.61. The molecule has 0 fully saturated rings. The van der Waals surface area contributed by atoms with Crippen molar-refractivity contribution in [3.63, 3.8) is 0 Å². The van der Waals surface area contributed by atoms with Crippen LogP contribution in [0.4, 0.5) is 0 Å². The Labute approximate surface area is 92.4 Å². The minimum Gasteiger partial charge on any atom is -0.384 e. The molecular weight excluding hydrogens is 188 g/mol. The maximum atomic E-state index is 5.09. The number of hydrogen-bond donors (Lipinski definition) is 1. The third-order valence-electron chi connectivity index (χ3n) is 2.51. The Morgan fingerprint density at radius 1 is 1.53 bits per heavy atom. The monoisotopic (exact) mass is 210 g/mol. The van der Waals surface area contributed by atoms with Gasteiger partial charge in [0.05, 0.1) is 0 Å². The predicted molar refractivity (Wildman–Crippen MR) is 62.9 cm³/mol. The molecule has 0 aliphatic carbocycles. The van der Waals surface area contributed by atoms with Crippen LogP contribution in [0.1, 0.15) is 19.5 Å². The number of aromatic nitrogens is 1. The van der Waals surface area contributed by atoms with E-state index in [9.17, 15) is 0 Å². The van der Waals surface area contributed by atoms with Crippen molar-refractivity contribution in [1.29, 1.82) is 0 Å². The van der Waals surface area contributed by atoms with Crippen molar-refractivity contribution in [2.45, 2.75) is 26.9 Å². The van der Waals surface area contributed by atoms with E-state index in [1.54, 1.807) is 7.11 Å². The molecule has 0 amide bonds. The minimum absolute atomic E-state index is 0.569. The first-order chi connectivity index (χ1) is 7.27. The van der Waals surface area contributed by atoms with Gasteiger partial charge in [0.2, 0.25) is 0 Å². The zero-order chi connectivity index (χ0) is 11.1. The lowest BCUT2D eigenvalue weighted by Gasteiger charge is -2.12. The van der Waals surface area contributed by atoms with Crippen LogP contribution in [-0.4, -0.2) is 24.8 Å². The maximum Gasteiger partial charge on any atom is 0.0499 e. The molecule has 3 heteroatoms. The molecule has 1 aromatic heterocycles. The van der Waals surface area contributed by atoms with Crippen LogP contribution in [0.25, 0.3) is 0 Å². The normalized spacial score (nSPS) is 13.0. The van der Waals surface area contributed by atoms with Gasteiger partial charge < -0.3 is 14.6 Å². The van der Waals surface area contributed by atoms with Gasteiger partial charge in [-0.25, -0.2) is 0 Å². The van der Waals surface area contributed by atoms with E-state index in [4.69, 9.17) is 4.74 Å². The summed E-state index contributed by atoms with van der Waals surface area (Å²) in [7, 11) is 1.75. The zero-order valence-corrected chi connectivity index (χ0v) is 9.99. The van der Waals surface area contributed by atoms with Crippen molar-refractivity contribution in [3.8, 4) is 0 Å². The van der Waals surface area contributed by atoms with E-state index in [0.29, 0.717) is 5.92 Å². The molecular formula is C12H22N2O. The molecule has 1 rings (SSSR count). The van der Waals surface area contributed by atoms with E-state index >= 15 is 0 Å². The van der Waals surface area contributed by atoms with Gasteiger partial charge in [0.25, 0.3) is 0 Å². The lowest BCUT2D eigenvalue weighted by atomic mass is 10.2. The zero-order valence-electron chi connectivity index (χ0n) is 9.99. The number of hydrogen-bond acceptors (Lipinski definition) is 2. The van der Waals surface area contributed by atoms with E-state index in [2.05, 4.69) is 42.1 Å². The van der Waals surface area contributed by atoms with Crippen LogP contribution in [0.3, 0.4) is 0 Å². The highest BCUT2D eigenvalue weighted by molar-refractivity contribution is 5.06. The first-order valence-corrected chi connectivity index (χ1v) is 5.61. The van der Waals surface area contributed by atoms with E-state index < -0.39 is 0 Å². The molecule has 0 saturated carbocycles. The lowest BCUT2D eigenvalue weighted by Crippen LogP contribution is -2.24. The number of aryl methyl sites for hydroxylation is 1. The first kappa shape index (κ1) is 12.3. The summed E-state index contributed by atoms with van der Waals surface area (Å²) in [5.74, 6) is 0.569. The van der Waals surface area contributed by atoms with Crippen molar-refractivity contribution in [3.05, 3.63) is 24.0 Å². The van der Waals surface area contributed by atoms with Crippen LogP contribution in [0.2, 0.25) is 0 Å². The standard InChI is InChI=1S/C12H22N2O/c1-4-14-7-5-6-12(14)9-13-8-11(2)10-15-3/h5-7,11,13H,4,8-10H2,1-3H3. The van der Waals surface area contributed by atoms with Gasteiger partial charge in [0.15, 0.2) is 0 Å². The highest BCUT2D eigenvalue weighted by Crippen LogP contribution is 2.02. The molecule has 1 atom stereocenters. The Bertz CT molecular complexity index is 270. The van der Waals surface area contributed by atoms with Crippen LogP contribution < -0.4 is 5.32 Å². The second-order valence-electron chi connectivity index (χ2n) is 3.98. The Balaban J connectivity index is 2.25. The van der Waals surface area contributed by atoms with Crippen LogP contribution in [0.15, 0.2) is 18.3 Å². The third kappa shape index (κ3) is 4.06. The summed E-state index contributed by atoms with van der Waals surface area (Å²) in [6.07, 6.45) is 2.12. The fraction of sp³-hybridized carbons (Fsp3) is 0.667. The van der Waals surface area contributed by atoms with E-state index in [1.807, 2.05) is 0 Å². The second-order valence-corrected chi connectivity index (χ2v) is 3.98. The van der Waals surface area contributed by atoms with E-state index in [0.717, 1.165) is 26.2 Å². The Hall–Kier alpha value is -0.800. The molecule has 0 saturated heterocycles. The fourth-order valence-corrected chi connectivity index (χ4v) is 1.71.